The molecule has 4 rings (SSSR count). The van der Waals surface area contributed by atoms with Crippen LogP contribution in [0.5, 0.6) is 0 Å². The molecule has 2 unspecified atom stereocenters. The van der Waals surface area contributed by atoms with Crippen molar-refractivity contribution in [2.75, 3.05) is 0 Å². The second-order valence-corrected chi connectivity index (χ2v) is 9.85. The molecular weight excluding hydrogens is 332 g/mol. The summed E-state index contributed by atoms with van der Waals surface area (Å²) in [4.78, 5) is 37.4. The zero-order chi connectivity index (χ0) is 19.1. The molecule has 4 aliphatic carbocycles. The highest BCUT2D eigenvalue weighted by atomic mass is 16.3. The van der Waals surface area contributed by atoms with Crippen molar-refractivity contribution >= 4 is 17.3 Å². The van der Waals surface area contributed by atoms with E-state index in [1.165, 1.54) is 6.92 Å². The van der Waals surface area contributed by atoms with Gasteiger partial charge in [-0.05, 0) is 56.3 Å². The van der Waals surface area contributed by atoms with Crippen LogP contribution in [-0.4, -0.2) is 39.3 Å². The molecule has 8 atom stereocenters. The summed E-state index contributed by atoms with van der Waals surface area (Å²) in [5, 5.41) is 21.9. The minimum atomic E-state index is -1.37. The van der Waals surface area contributed by atoms with Crippen molar-refractivity contribution < 1.29 is 24.6 Å². The summed E-state index contributed by atoms with van der Waals surface area (Å²) in [6, 6.07) is 0. The summed E-state index contributed by atoms with van der Waals surface area (Å²) in [5.74, 6) is -0.767. The van der Waals surface area contributed by atoms with E-state index in [9.17, 15) is 24.6 Å². The number of Topliss-reactive ketones (excluding diaryl/α,β-unsaturated/α-hetero) is 3. The fourth-order valence-corrected chi connectivity index (χ4v) is 7.38. The van der Waals surface area contributed by atoms with E-state index in [2.05, 4.69) is 6.92 Å². The Morgan fingerprint density at radius 2 is 1.69 bits per heavy atom. The maximum Gasteiger partial charge on any atom is 0.165 e. The van der Waals surface area contributed by atoms with Crippen LogP contribution in [0.3, 0.4) is 0 Å². The van der Waals surface area contributed by atoms with Crippen LogP contribution in [0.4, 0.5) is 0 Å². The maximum absolute atomic E-state index is 13.2. The van der Waals surface area contributed by atoms with Crippen molar-refractivity contribution in [1.29, 1.82) is 0 Å². The summed E-state index contributed by atoms with van der Waals surface area (Å²) < 4.78 is 0. The molecule has 2 N–H and O–H groups in total. The first-order valence-electron chi connectivity index (χ1n) is 10.0. The third-order valence-corrected chi connectivity index (χ3v) is 9.09. The van der Waals surface area contributed by atoms with Crippen molar-refractivity contribution in [3.05, 3.63) is 0 Å². The van der Waals surface area contributed by atoms with Crippen LogP contribution in [0.25, 0.3) is 0 Å². The van der Waals surface area contributed by atoms with Crippen molar-refractivity contribution in [2.24, 2.45) is 34.5 Å². The lowest BCUT2D eigenvalue weighted by Gasteiger charge is -2.60. The Balaban J connectivity index is 1.76. The number of rotatable bonds is 1. The summed E-state index contributed by atoms with van der Waals surface area (Å²) in [6.07, 6.45) is 2.98. The van der Waals surface area contributed by atoms with E-state index < -0.39 is 17.1 Å². The molecule has 0 aromatic heterocycles. The Kier molecular flexibility index (Phi) is 3.86. The Morgan fingerprint density at radius 3 is 2.35 bits per heavy atom. The van der Waals surface area contributed by atoms with Crippen LogP contribution in [0.15, 0.2) is 0 Å². The predicted molar refractivity (Wildman–Crippen MR) is 94.1 cm³/mol. The molecule has 0 heterocycles. The zero-order valence-electron chi connectivity index (χ0n) is 16.0. The first kappa shape index (κ1) is 18.3. The van der Waals surface area contributed by atoms with E-state index >= 15 is 0 Å². The molecule has 0 aromatic rings. The van der Waals surface area contributed by atoms with Gasteiger partial charge in [0, 0.05) is 30.1 Å². The molecule has 4 saturated carbocycles. The molecule has 4 fully saturated rings. The van der Waals surface area contributed by atoms with E-state index in [4.69, 9.17) is 0 Å². The molecule has 0 bridgehead atoms. The van der Waals surface area contributed by atoms with Crippen LogP contribution in [-0.2, 0) is 14.4 Å². The Morgan fingerprint density at radius 1 is 1.04 bits per heavy atom. The number of carbonyl (C=O) groups is 3. The molecule has 0 radical (unpaired) electrons. The predicted octanol–water partition coefficient (Wildman–Crippen LogP) is 2.07. The van der Waals surface area contributed by atoms with Gasteiger partial charge in [-0.2, -0.15) is 0 Å². The Labute approximate surface area is 154 Å². The maximum atomic E-state index is 13.2. The normalized spacial score (nSPS) is 53.7. The van der Waals surface area contributed by atoms with Gasteiger partial charge in [0.05, 0.1) is 0 Å². The number of hydrogen-bond donors (Lipinski definition) is 2. The lowest BCUT2D eigenvalue weighted by molar-refractivity contribution is -0.189. The highest BCUT2D eigenvalue weighted by molar-refractivity contribution is 5.91. The van der Waals surface area contributed by atoms with Gasteiger partial charge in [-0.3, -0.25) is 14.4 Å². The van der Waals surface area contributed by atoms with Gasteiger partial charge in [-0.15, -0.1) is 0 Å². The number of carbonyl (C=O) groups excluding carboxylic acids is 3. The Bertz CT molecular complexity index is 686. The summed E-state index contributed by atoms with van der Waals surface area (Å²) in [6.45, 7) is 5.55. The summed E-state index contributed by atoms with van der Waals surface area (Å²) in [5.41, 5.74) is -2.19. The summed E-state index contributed by atoms with van der Waals surface area (Å²) >= 11 is 0. The molecule has 0 amide bonds. The molecular formula is C21H30O5. The van der Waals surface area contributed by atoms with E-state index in [-0.39, 0.29) is 46.4 Å². The lowest BCUT2D eigenvalue weighted by atomic mass is 9.43. The van der Waals surface area contributed by atoms with Gasteiger partial charge < -0.3 is 10.2 Å². The van der Waals surface area contributed by atoms with Gasteiger partial charge in [0.25, 0.3) is 0 Å². The van der Waals surface area contributed by atoms with E-state index in [0.29, 0.717) is 32.1 Å². The number of aliphatic hydroxyl groups is 2. The van der Waals surface area contributed by atoms with Crippen LogP contribution in [0.2, 0.25) is 0 Å². The third-order valence-electron chi connectivity index (χ3n) is 9.09. The fourth-order valence-electron chi connectivity index (χ4n) is 7.38. The molecule has 0 aliphatic heterocycles. The van der Waals surface area contributed by atoms with Gasteiger partial charge in [0.15, 0.2) is 11.6 Å². The van der Waals surface area contributed by atoms with Crippen molar-refractivity contribution in [1.82, 2.24) is 0 Å². The number of hydrogen-bond acceptors (Lipinski definition) is 5. The largest absolute Gasteiger partial charge is 0.385 e. The molecule has 5 nitrogen and oxygen atoms in total. The monoisotopic (exact) mass is 362 g/mol. The Hall–Kier alpha value is -1.07. The van der Waals surface area contributed by atoms with E-state index in [0.717, 1.165) is 12.8 Å². The average molecular weight is 362 g/mol. The van der Waals surface area contributed by atoms with Gasteiger partial charge in [0.1, 0.15) is 17.5 Å². The van der Waals surface area contributed by atoms with Crippen LogP contribution in [0, 0.1) is 34.5 Å². The molecule has 4 aliphatic rings. The third kappa shape index (κ3) is 2.02. The van der Waals surface area contributed by atoms with Gasteiger partial charge in [0.2, 0.25) is 0 Å². The van der Waals surface area contributed by atoms with Crippen molar-refractivity contribution in [3.63, 3.8) is 0 Å². The second kappa shape index (κ2) is 5.48. The molecule has 0 saturated heterocycles. The minimum absolute atomic E-state index is 0.0762. The zero-order valence-corrected chi connectivity index (χ0v) is 16.0. The van der Waals surface area contributed by atoms with Crippen molar-refractivity contribution in [2.45, 2.75) is 77.4 Å². The molecule has 0 spiro atoms. The van der Waals surface area contributed by atoms with E-state index in [1.54, 1.807) is 0 Å². The lowest BCUT2D eigenvalue weighted by Crippen LogP contribution is -2.64. The number of fused-ring (bicyclic) bond motifs is 5. The molecule has 0 aromatic carbocycles. The first-order chi connectivity index (χ1) is 12.1. The minimum Gasteiger partial charge on any atom is -0.385 e. The molecule has 5 heteroatoms. The topological polar surface area (TPSA) is 91.7 Å². The van der Waals surface area contributed by atoms with Crippen LogP contribution < -0.4 is 0 Å². The quantitative estimate of drug-likeness (QED) is 0.745. The first-order valence-corrected chi connectivity index (χ1v) is 10.0. The van der Waals surface area contributed by atoms with Gasteiger partial charge in [-0.1, -0.05) is 13.8 Å². The van der Waals surface area contributed by atoms with Gasteiger partial charge >= 0.3 is 0 Å². The second-order valence-electron chi connectivity index (χ2n) is 9.85. The SMILES string of the molecule is CC(=O)[C@@]1(O)CC[C@H]2[C@@H]3C(=O)C(O)C4CC(=O)CC[C@]4(C)[C@H]3CC[C@@]21C. The van der Waals surface area contributed by atoms with Gasteiger partial charge in [-0.25, -0.2) is 0 Å². The van der Waals surface area contributed by atoms with Crippen LogP contribution in [0.1, 0.15) is 65.7 Å². The molecule has 26 heavy (non-hydrogen) atoms. The van der Waals surface area contributed by atoms with E-state index in [1.807, 2.05) is 6.92 Å². The standard InChI is InChI=1S/C21H30O5/c1-11(22)21(26)9-6-14-16-13(5-8-20(14,21)3)19(2)7-4-12(23)10-15(19)17(24)18(16)25/h13-17,24,26H,4-10H2,1-3H3/t13-,14-,15?,16+,17?,19+,20-,21-/m0/s1. The highest BCUT2D eigenvalue weighted by Gasteiger charge is 2.69. The average Bonchev–Trinajstić information content (AvgIpc) is 2.87. The van der Waals surface area contributed by atoms with Crippen LogP contribution >= 0.6 is 0 Å². The number of aliphatic hydroxyl groups excluding tert-OH is 1. The number of ketones is 3. The molecule has 144 valence electrons. The summed E-state index contributed by atoms with van der Waals surface area (Å²) in [7, 11) is 0. The van der Waals surface area contributed by atoms with Crippen molar-refractivity contribution in [3.8, 4) is 0 Å². The fraction of sp³-hybridized carbons (Fsp3) is 0.857. The smallest absolute Gasteiger partial charge is 0.165 e. The highest BCUT2D eigenvalue weighted by Crippen LogP contribution is 2.67.